The Morgan fingerprint density at radius 2 is 1.86 bits per heavy atom. The van der Waals surface area contributed by atoms with Gasteiger partial charge in [0.05, 0.1) is 23.7 Å². The Morgan fingerprint density at radius 3 is 2.29 bits per heavy atom. The van der Waals surface area contributed by atoms with E-state index < -0.39 is 47.7 Å². The summed E-state index contributed by atoms with van der Waals surface area (Å²) in [5.74, 6) is 1.42. The molecule has 0 aliphatic heterocycles. The predicted molar refractivity (Wildman–Crippen MR) is 90.1 cm³/mol. The smallest absolute Gasteiger partial charge is 0.350 e. The Balaban J connectivity index is 3.52. The summed E-state index contributed by atoms with van der Waals surface area (Å²) in [6, 6.07) is 2.15. The second-order valence-corrected chi connectivity index (χ2v) is 5.90. The molecule has 28 heavy (non-hydrogen) atoms. The van der Waals surface area contributed by atoms with Crippen LogP contribution in [0.4, 0.5) is 32.0 Å². The number of rotatable bonds is 6. The Hall–Kier alpha value is -2.88. The second kappa shape index (κ2) is 8.87. The number of carbonyl (C=O) groups excluding carboxylic acids is 1. The van der Waals surface area contributed by atoms with Crippen molar-refractivity contribution in [3.8, 4) is 18.4 Å². The van der Waals surface area contributed by atoms with Crippen molar-refractivity contribution < 1.29 is 31.1 Å². The fraction of sp³-hybridized carbons (Fsp3) is 0.444. The van der Waals surface area contributed by atoms with Crippen molar-refractivity contribution in [2.24, 2.45) is 0 Å². The van der Waals surface area contributed by atoms with Gasteiger partial charge >= 0.3 is 12.4 Å². The third-order valence-corrected chi connectivity index (χ3v) is 3.86. The molecule has 0 aromatic heterocycles. The molecule has 0 radical (unpaired) electrons. The van der Waals surface area contributed by atoms with Crippen LogP contribution in [0.1, 0.15) is 24.5 Å². The molecule has 0 fully saturated rings. The molecule has 1 amide bonds. The molecule has 1 atom stereocenters. The van der Waals surface area contributed by atoms with Crippen molar-refractivity contribution in [3.63, 3.8) is 0 Å². The lowest BCUT2D eigenvalue weighted by Gasteiger charge is -2.35. The summed E-state index contributed by atoms with van der Waals surface area (Å²) in [6.45, 7) is -0.384. The van der Waals surface area contributed by atoms with E-state index in [4.69, 9.17) is 11.7 Å². The molecule has 0 aliphatic rings. The molecule has 0 aliphatic carbocycles. The van der Waals surface area contributed by atoms with Crippen LogP contribution in [0.15, 0.2) is 18.2 Å². The van der Waals surface area contributed by atoms with E-state index in [1.807, 2.05) is 0 Å². The normalized spacial score (nSPS) is 12.6. The summed E-state index contributed by atoms with van der Waals surface area (Å²) in [7, 11) is 1.29. The van der Waals surface area contributed by atoms with Crippen molar-refractivity contribution in [3.05, 3.63) is 29.3 Å². The number of terminal acetylenes is 1. The molecule has 1 rings (SSSR count). The SMILES string of the molecule is C#CCN(C)C(=O)C(CC)N(CC(F)(F)F)c1ccc(C#N)c(C(F)(F)F)c1. The highest BCUT2D eigenvalue weighted by molar-refractivity contribution is 5.85. The van der Waals surface area contributed by atoms with Crippen molar-refractivity contribution in [2.75, 3.05) is 25.0 Å². The second-order valence-electron chi connectivity index (χ2n) is 5.90. The number of carbonyl (C=O) groups is 1. The number of benzene rings is 1. The molecular weight excluding hydrogens is 388 g/mol. The maximum absolute atomic E-state index is 13.2. The monoisotopic (exact) mass is 405 g/mol. The Kier molecular flexibility index (Phi) is 7.34. The first-order valence-electron chi connectivity index (χ1n) is 7.98. The largest absolute Gasteiger partial charge is 0.417 e. The molecule has 4 nitrogen and oxygen atoms in total. The summed E-state index contributed by atoms with van der Waals surface area (Å²) in [4.78, 5) is 14.1. The molecule has 0 spiro atoms. The average molecular weight is 405 g/mol. The summed E-state index contributed by atoms with van der Waals surface area (Å²) < 4.78 is 78.9. The quantitative estimate of drug-likeness (QED) is 0.534. The van der Waals surface area contributed by atoms with Crippen molar-refractivity contribution in [1.82, 2.24) is 4.90 Å². The van der Waals surface area contributed by atoms with E-state index in [2.05, 4.69) is 5.92 Å². The molecule has 1 unspecified atom stereocenters. The van der Waals surface area contributed by atoms with Gasteiger partial charge in [-0.05, 0) is 24.6 Å². The van der Waals surface area contributed by atoms with E-state index in [1.54, 1.807) is 0 Å². The fourth-order valence-corrected chi connectivity index (χ4v) is 2.62. The molecule has 0 saturated carbocycles. The summed E-state index contributed by atoms with van der Waals surface area (Å²) in [6.07, 6.45) is -4.74. The van der Waals surface area contributed by atoms with Crippen LogP contribution in [0.2, 0.25) is 0 Å². The molecular formula is C18H17F6N3O. The third kappa shape index (κ3) is 5.81. The Morgan fingerprint density at radius 1 is 1.25 bits per heavy atom. The van der Waals surface area contributed by atoms with Gasteiger partial charge in [0.1, 0.15) is 12.6 Å². The average Bonchev–Trinajstić information content (AvgIpc) is 2.59. The van der Waals surface area contributed by atoms with E-state index in [1.165, 1.54) is 20.0 Å². The van der Waals surface area contributed by atoms with Crippen molar-refractivity contribution >= 4 is 11.6 Å². The fourth-order valence-electron chi connectivity index (χ4n) is 2.62. The zero-order chi connectivity index (χ0) is 21.7. The molecule has 10 heteroatoms. The molecule has 0 bridgehead atoms. The highest BCUT2D eigenvalue weighted by Gasteiger charge is 2.39. The first kappa shape index (κ1) is 23.2. The topological polar surface area (TPSA) is 47.3 Å². The molecule has 1 aromatic rings. The van der Waals surface area contributed by atoms with E-state index in [-0.39, 0.29) is 13.0 Å². The number of anilines is 1. The van der Waals surface area contributed by atoms with Crippen LogP contribution in [-0.2, 0) is 11.0 Å². The first-order valence-corrected chi connectivity index (χ1v) is 7.98. The zero-order valence-electron chi connectivity index (χ0n) is 15.0. The highest BCUT2D eigenvalue weighted by Crippen LogP contribution is 2.36. The van der Waals surface area contributed by atoms with Crippen LogP contribution in [0.5, 0.6) is 0 Å². The number of hydrogen-bond donors (Lipinski definition) is 0. The third-order valence-electron chi connectivity index (χ3n) is 3.86. The van der Waals surface area contributed by atoms with Crippen LogP contribution in [0.25, 0.3) is 0 Å². The predicted octanol–water partition coefficient (Wildman–Crippen LogP) is 3.82. The lowest BCUT2D eigenvalue weighted by Crippen LogP contribution is -2.50. The number of alkyl halides is 6. The van der Waals surface area contributed by atoms with Crippen LogP contribution in [0, 0.1) is 23.7 Å². The highest BCUT2D eigenvalue weighted by atomic mass is 19.4. The zero-order valence-corrected chi connectivity index (χ0v) is 15.0. The summed E-state index contributed by atoms with van der Waals surface area (Å²) in [5, 5.41) is 8.85. The van der Waals surface area contributed by atoms with Gasteiger partial charge in [-0.25, -0.2) is 0 Å². The van der Waals surface area contributed by atoms with Crippen LogP contribution in [0.3, 0.4) is 0 Å². The van der Waals surface area contributed by atoms with Gasteiger partial charge in [0.25, 0.3) is 0 Å². The minimum absolute atomic E-state index is 0.106. The maximum atomic E-state index is 13.2. The molecule has 152 valence electrons. The Bertz CT molecular complexity index is 788. The van der Waals surface area contributed by atoms with Gasteiger partial charge in [-0.2, -0.15) is 31.6 Å². The lowest BCUT2D eigenvalue weighted by atomic mass is 10.0. The number of halogens is 6. The van der Waals surface area contributed by atoms with Gasteiger partial charge < -0.3 is 9.80 Å². The van der Waals surface area contributed by atoms with E-state index in [0.717, 1.165) is 17.0 Å². The number of amides is 1. The molecule has 0 saturated heterocycles. The van der Waals surface area contributed by atoms with Gasteiger partial charge in [-0.3, -0.25) is 4.79 Å². The van der Waals surface area contributed by atoms with E-state index >= 15 is 0 Å². The minimum Gasteiger partial charge on any atom is -0.350 e. The van der Waals surface area contributed by atoms with Gasteiger partial charge in [0.2, 0.25) is 5.91 Å². The van der Waals surface area contributed by atoms with E-state index in [0.29, 0.717) is 11.0 Å². The van der Waals surface area contributed by atoms with Crippen LogP contribution < -0.4 is 4.90 Å². The maximum Gasteiger partial charge on any atom is 0.417 e. The standard InChI is InChI=1S/C18H17F6N3O/c1-4-8-26(3)16(28)15(5-2)27(11-17(19,20)21)13-7-6-12(10-25)14(9-13)18(22,23)24/h1,6-7,9,15H,5,8,11H2,2-3H3. The van der Waals surface area contributed by atoms with Gasteiger partial charge in [0, 0.05) is 12.7 Å². The van der Waals surface area contributed by atoms with Crippen LogP contribution in [-0.4, -0.2) is 43.2 Å². The summed E-state index contributed by atoms with van der Waals surface area (Å²) >= 11 is 0. The van der Waals surface area contributed by atoms with Crippen molar-refractivity contribution in [1.29, 1.82) is 5.26 Å². The number of nitrogens with zero attached hydrogens (tertiary/aromatic N) is 3. The minimum atomic E-state index is -4.95. The summed E-state index contributed by atoms with van der Waals surface area (Å²) in [5.41, 5.74) is -2.58. The van der Waals surface area contributed by atoms with Crippen LogP contribution >= 0.6 is 0 Å². The Labute approximate surface area is 158 Å². The first-order chi connectivity index (χ1) is 12.9. The molecule has 0 N–H and O–H groups in total. The van der Waals surface area contributed by atoms with Gasteiger partial charge in [-0.1, -0.05) is 12.8 Å². The number of hydrogen-bond acceptors (Lipinski definition) is 3. The molecule has 0 heterocycles. The number of nitriles is 1. The molecule has 1 aromatic carbocycles. The van der Waals surface area contributed by atoms with Gasteiger partial charge in [0.15, 0.2) is 0 Å². The van der Waals surface area contributed by atoms with Crippen molar-refractivity contribution in [2.45, 2.75) is 31.7 Å². The lowest BCUT2D eigenvalue weighted by molar-refractivity contribution is -0.137. The van der Waals surface area contributed by atoms with Gasteiger partial charge in [-0.15, -0.1) is 6.42 Å². The van der Waals surface area contributed by atoms with E-state index in [9.17, 15) is 31.1 Å². The number of likely N-dealkylation sites (N-methyl/N-ethyl adjacent to an activating group) is 1.